The third-order valence-corrected chi connectivity index (χ3v) is 2.49. The first-order valence-electron chi connectivity index (χ1n) is 5.39. The zero-order valence-corrected chi connectivity index (χ0v) is 10.9. The van der Waals surface area contributed by atoms with Gasteiger partial charge >= 0.3 is 0 Å². The topological polar surface area (TPSA) is 107 Å². The van der Waals surface area contributed by atoms with Crippen LogP contribution in [0.25, 0.3) is 0 Å². The molecule has 0 unspecified atom stereocenters. The number of rotatable bonds is 4. The lowest BCUT2D eigenvalue weighted by molar-refractivity contribution is 0.0944. The molecule has 7 nitrogen and oxygen atoms in total. The maximum absolute atomic E-state index is 11.8. The molecule has 0 aliphatic heterocycles. The van der Waals surface area contributed by atoms with Crippen LogP contribution in [-0.4, -0.2) is 26.0 Å². The van der Waals surface area contributed by atoms with E-state index in [2.05, 4.69) is 20.4 Å². The average molecular weight is 277 g/mol. The number of nitrogens with zero attached hydrogens (tertiary/aromatic N) is 3. The molecule has 0 saturated carbocycles. The van der Waals surface area contributed by atoms with Crippen molar-refractivity contribution in [3.63, 3.8) is 0 Å². The van der Waals surface area contributed by atoms with E-state index in [1.165, 1.54) is 6.20 Å². The third kappa shape index (κ3) is 3.32. The second-order valence-electron chi connectivity index (χ2n) is 3.71. The number of aromatic nitrogens is 3. The summed E-state index contributed by atoms with van der Waals surface area (Å²) in [5.74, 6) is 0.519. The van der Waals surface area contributed by atoms with Crippen molar-refractivity contribution in [2.75, 3.05) is 0 Å². The Bertz CT molecular complexity index is 608. The highest BCUT2D eigenvalue weighted by molar-refractivity contribution is 7.80. The minimum atomic E-state index is -0.336. The van der Waals surface area contributed by atoms with Crippen LogP contribution in [0.4, 0.5) is 0 Å². The second kappa shape index (κ2) is 5.53. The Labute approximate surface area is 114 Å². The van der Waals surface area contributed by atoms with Crippen LogP contribution < -0.4 is 11.1 Å². The lowest BCUT2D eigenvalue weighted by atomic mass is 10.2. The van der Waals surface area contributed by atoms with Gasteiger partial charge in [-0.3, -0.25) is 9.78 Å². The van der Waals surface area contributed by atoms with E-state index in [0.29, 0.717) is 17.3 Å². The first kappa shape index (κ1) is 13.1. The predicted molar refractivity (Wildman–Crippen MR) is 70.3 cm³/mol. The van der Waals surface area contributed by atoms with Gasteiger partial charge in [0.2, 0.25) is 5.89 Å². The van der Waals surface area contributed by atoms with E-state index >= 15 is 0 Å². The molecule has 2 heterocycles. The van der Waals surface area contributed by atoms with Crippen LogP contribution in [-0.2, 0) is 6.54 Å². The number of amides is 1. The van der Waals surface area contributed by atoms with E-state index < -0.39 is 0 Å². The molecule has 3 N–H and O–H groups in total. The quantitative estimate of drug-likeness (QED) is 0.776. The maximum atomic E-state index is 11.8. The minimum absolute atomic E-state index is 0.176. The summed E-state index contributed by atoms with van der Waals surface area (Å²) in [6, 6.07) is 3.19. The lowest BCUT2D eigenvalue weighted by Crippen LogP contribution is -2.24. The van der Waals surface area contributed by atoms with Crippen molar-refractivity contribution < 1.29 is 9.32 Å². The Morgan fingerprint density at radius 3 is 2.84 bits per heavy atom. The Morgan fingerprint density at radius 1 is 1.53 bits per heavy atom. The number of nitrogens with two attached hydrogens (primary N) is 1. The predicted octanol–water partition coefficient (Wildman–Crippen LogP) is 0.337. The van der Waals surface area contributed by atoms with Crippen molar-refractivity contribution in [1.82, 2.24) is 20.4 Å². The van der Waals surface area contributed by atoms with E-state index in [0.717, 1.165) is 0 Å². The first-order chi connectivity index (χ1) is 9.06. The highest BCUT2D eigenvalue weighted by Gasteiger charge is 2.09. The summed E-state index contributed by atoms with van der Waals surface area (Å²) < 4.78 is 4.79. The van der Waals surface area contributed by atoms with Crippen LogP contribution in [0.2, 0.25) is 0 Å². The standard InChI is InChI=1S/C11H11N5O2S/c1-6-15-9(16-18-6)5-14-11(17)8-3-2-7(4-13-8)10(12)19/h2-4H,5H2,1H3,(H2,12,19)(H,14,17). The molecule has 0 radical (unpaired) electrons. The summed E-state index contributed by atoms with van der Waals surface area (Å²) in [4.78, 5) is 20.0. The molecule has 0 saturated heterocycles. The van der Waals surface area contributed by atoms with Crippen molar-refractivity contribution >= 4 is 23.1 Å². The normalized spacial score (nSPS) is 10.2. The van der Waals surface area contributed by atoms with E-state index in [4.69, 9.17) is 22.5 Å². The van der Waals surface area contributed by atoms with Crippen LogP contribution >= 0.6 is 12.2 Å². The Balaban J connectivity index is 1.98. The zero-order valence-electron chi connectivity index (χ0n) is 10.1. The second-order valence-corrected chi connectivity index (χ2v) is 4.15. The SMILES string of the molecule is Cc1nc(CNC(=O)c2ccc(C(N)=S)cn2)no1. The van der Waals surface area contributed by atoms with Crippen molar-refractivity contribution in [2.45, 2.75) is 13.5 Å². The van der Waals surface area contributed by atoms with E-state index in [1.807, 2.05) is 0 Å². The van der Waals surface area contributed by atoms with Gasteiger partial charge in [-0.2, -0.15) is 4.98 Å². The van der Waals surface area contributed by atoms with Gasteiger partial charge in [-0.25, -0.2) is 0 Å². The number of hydrogen-bond donors (Lipinski definition) is 2. The molecule has 2 aromatic heterocycles. The van der Waals surface area contributed by atoms with Crippen molar-refractivity contribution in [1.29, 1.82) is 0 Å². The molecule has 0 aromatic carbocycles. The first-order valence-corrected chi connectivity index (χ1v) is 5.80. The fraction of sp³-hybridized carbons (Fsp3) is 0.182. The van der Waals surface area contributed by atoms with Gasteiger partial charge in [0.1, 0.15) is 10.7 Å². The smallest absolute Gasteiger partial charge is 0.270 e. The van der Waals surface area contributed by atoms with Gasteiger partial charge in [0.15, 0.2) is 5.82 Å². The molecule has 1 amide bonds. The average Bonchev–Trinajstić information content (AvgIpc) is 2.82. The summed E-state index contributed by atoms with van der Waals surface area (Å²) >= 11 is 4.80. The molecule has 0 aliphatic rings. The van der Waals surface area contributed by atoms with Crippen LogP contribution in [0.5, 0.6) is 0 Å². The van der Waals surface area contributed by atoms with E-state index in [1.54, 1.807) is 19.1 Å². The monoisotopic (exact) mass is 277 g/mol. The van der Waals surface area contributed by atoms with Gasteiger partial charge in [0.05, 0.1) is 6.54 Å². The van der Waals surface area contributed by atoms with Crippen LogP contribution in [0, 0.1) is 6.92 Å². The van der Waals surface area contributed by atoms with Crippen molar-refractivity contribution in [3.8, 4) is 0 Å². The third-order valence-electron chi connectivity index (χ3n) is 2.26. The van der Waals surface area contributed by atoms with Gasteiger partial charge in [0, 0.05) is 18.7 Å². The summed E-state index contributed by atoms with van der Waals surface area (Å²) in [6.45, 7) is 1.85. The number of hydrogen-bond acceptors (Lipinski definition) is 6. The van der Waals surface area contributed by atoms with Gasteiger partial charge in [0.25, 0.3) is 5.91 Å². The molecular weight excluding hydrogens is 266 g/mol. The molecule has 0 atom stereocenters. The van der Waals surface area contributed by atoms with Crippen molar-refractivity contribution in [3.05, 3.63) is 41.3 Å². The molecular formula is C11H11N5O2S. The highest BCUT2D eigenvalue weighted by atomic mass is 32.1. The number of nitrogens with one attached hydrogen (secondary N) is 1. The van der Waals surface area contributed by atoms with Gasteiger partial charge in [-0.15, -0.1) is 0 Å². The van der Waals surface area contributed by atoms with Gasteiger partial charge < -0.3 is 15.6 Å². The molecule has 19 heavy (non-hydrogen) atoms. The summed E-state index contributed by atoms with van der Waals surface area (Å²) in [7, 11) is 0. The Hall–Kier alpha value is -2.35. The fourth-order valence-electron chi connectivity index (χ4n) is 1.34. The van der Waals surface area contributed by atoms with E-state index in [-0.39, 0.29) is 23.1 Å². The molecule has 2 rings (SSSR count). The Morgan fingerprint density at radius 2 is 2.32 bits per heavy atom. The number of aryl methyl sites for hydroxylation is 1. The van der Waals surface area contributed by atoms with Crippen molar-refractivity contribution in [2.24, 2.45) is 5.73 Å². The molecule has 98 valence electrons. The maximum Gasteiger partial charge on any atom is 0.270 e. The zero-order chi connectivity index (χ0) is 13.8. The minimum Gasteiger partial charge on any atom is -0.389 e. The number of thiocarbonyl (C=S) groups is 1. The van der Waals surface area contributed by atoms with Gasteiger partial charge in [-0.05, 0) is 12.1 Å². The molecule has 0 bridgehead atoms. The lowest BCUT2D eigenvalue weighted by Gasteiger charge is -2.02. The van der Waals surface area contributed by atoms with Crippen LogP contribution in [0.1, 0.15) is 27.8 Å². The molecule has 8 heteroatoms. The molecule has 2 aromatic rings. The number of pyridine rings is 1. The molecule has 0 aliphatic carbocycles. The van der Waals surface area contributed by atoms with Crippen LogP contribution in [0.15, 0.2) is 22.9 Å². The van der Waals surface area contributed by atoms with Crippen LogP contribution in [0.3, 0.4) is 0 Å². The summed E-state index contributed by atoms with van der Waals surface area (Å²) in [5, 5.41) is 6.29. The Kier molecular flexibility index (Phi) is 3.81. The van der Waals surface area contributed by atoms with Gasteiger partial charge in [-0.1, -0.05) is 17.4 Å². The summed E-state index contributed by atoms with van der Waals surface area (Å²) in [6.07, 6.45) is 1.45. The highest BCUT2D eigenvalue weighted by Crippen LogP contribution is 2.01. The van der Waals surface area contributed by atoms with E-state index in [9.17, 15) is 4.79 Å². The molecule has 0 spiro atoms. The molecule has 0 fully saturated rings. The summed E-state index contributed by atoms with van der Waals surface area (Å²) in [5.41, 5.74) is 6.32. The number of carbonyl (C=O) groups excluding carboxylic acids is 1. The largest absolute Gasteiger partial charge is 0.389 e. The fourth-order valence-corrected chi connectivity index (χ4v) is 1.46. The number of carbonyl (C=O) groups is 1.